The third-order valence-corrected chi connectivity index (χ3v) is 6.66. The average Bonchev–Trinajstić information content (AvgIpc) is 3.27. The van der Waals surface area contributed by atoms with Gasteiger partial charge in [0.25, 0.3) is 0 Å². The number of aryl methyl sites for hydroxylation is 1. The number of likely N-dealkylation sites (tertiary alicyclic amines) is 1. The van der Waals surface area contributed by atoms with E-state index in [1.54, 1.807) is 0 Å². The van der Waals surface area contributed by atoms with Crippen molar-refractivity contribution < 1.29 is 9.53 Å². The van der Waals surface area contributed by atoms with Crippen LogP contribution in [0.25, 0.3) is 0 Å². The first-order valence-electron chi connectivity index (χ1n) is 11.9. The zero-order valence-electron chi connectivity index (χ0n) is 18.9. The fraction of sp³-hybridized carbons (Fsp3) is 0.423. The van der Waals surface area contributed by atoms with Crippen molar-refractivity contribution in [3.8, 4) is 0 Å². The maximum Gasteiger partial charge on any atom is 0.220 e. The number of carbonyl (C=O) groups is 1. The Morgan fingerprint density at radius 3 is 2.52 bits per heavy atom. The van der Waals surface area contributed by atoms with Gasteiger partial charge in [0.05, 0.1) is 18.8 Å². The summed E-state index contributed by atoms with van der Waals surface area (Å²) >= 11 is 0. The van der Waals surface area contributed by atoms with Crippen molar-refractivity contribution >= 4 is 5.91 Å². The Bertz CT molecular complexity index is 1050. The zero-order valence-corrected chi connectivity index (χ0v) is 18.9. The fourth-order valence-electron chi connectivity index (χ4n) is 4.70. The van der Waals surface area contributed by atoms with Crippen LogP contribution in [-0.2, 0) is 35.6 Å². The molecule has 0 bridgehead atoms. The lowest BCUT2D eigenvalue weighted by Crippen LogP contribution is -2.44. The first kappa shape index (κ1) is 21.8. The first-order chi connectivity index (χ1) is 16.2. The van der Waals surface area contributed by atoms with Gasteiger partial charge in [-0.3, -0.25) is 9.69 Å². The highest BCUT2D eigenvalue weighted by Gasteiger charge is 2.27. The van der Waals surface area contributed by atoms with Gasteiger partial charge in [-0.05, 0) is 30.4 Å². The highest BCUT2D eigenvalue weighted by molar-refractivity contribution is 5.76. The monoisotopic (exact) mass is 445 g/mol. The van der Waals surface area contributed by atoms with Crippen LogP contribution in [0.1, 0.15) is 47.9 Å². The van der Waals surface area contributed by atoms with Gasteiger partial charge in [-0.25, -0.2) is 4.68 Å². The number of hydrogen-bond donors (Lipinski definition) is 1. The molecule has 1 saturated heterocycles. The van der Waals surface area contributed by atoms with Crippen LogP contribution in [0.2, 0.25) is 0 Å². The molecule has 3 aromatic rings. The van der Waals surface area contributed by atoms with Crippen LogP contribution < -0.4 is 5.32 Å². The maximum absolute atomic E-state index is 12.4. The van der Waals surface area contributed by atoms with Gasteiger partial charge in [0.15, 0.2) is 0 Å². The van der Waals surface area contributed by atoms with Crippen molar-refractivity contribution in [3.63, 3.8) is 0 Å². The van der Waals surface area contributed by atoms with Crippen molar-refractivity contribution in [2.75, 3.05) is 13.1 Å². The summed E-state index contributed by atoms with van der Waals surface area (Å²) in [7, 11) is 0. The van der Waals surface area contributed by atoms with Crippen LogP contribution in [0.5, 0.6) is 0 Å². The quantitative estimate of drug-likeness (QED) is 0.604. The number of nitrogens with zero attached hydrogens (tertiary/aromatic N) is 4. The van der Waals surface area contributed by atoms with Crippen LogP contribution in [0, 0.1) is 0 Å². The van der Waals surface area contributed by atoms with Crippen LogP contribution in [0.3, 0.4) is 0 Å². The molecule has 1 atom stereocenters. The molecule has 0 radical (unpaired) electrons. The Hall–Kier alpha value is -3.03. The van der Waals surface area contributed by atoms with Crippen molar-refractivity contribution in [1.82, 2.24) is 25.2 Å². The van der Waals surface area contributed by atoms with Gasteiger partial charge in [-0.15, -0.1) is 5.10 Å². The van der Waals surface area contributed by atoms with E-state index in [4.69, 9.17) is 4.74 Å². The molecule has 2 aromatic carbocycles. The van der Waals surface area contributed by atoms with Gasteiger partial charge in [-0.2, -0.15) is 0 Å². The number of rotatable bonds is 7. The van der Waals surface area contributed by atoms with E-state index >= 15 is 0 Å². The first-order valence-corrected chi connectivity index (χ1v) is 11.9. The van der Waals surface area contributed by atoms with Crippen LogP contribution in [0.15, 0.2) is 60.7 Å². The average molecular weight is 446 g/mol. The number of fused-ring (bicyclic) bond motifs is 1. The molecule has 1 aromatic heterocycles. The van der Waals surface area contributed by atoms with Crippen molar-refractivity contribution in [1.29, 1.82) is 0 Å². The van der Waals surface area contributed by atoms with Gasteiger partial charge in [0.2, 0.25) is 5.91 Å². The highest BCUT2D eigenvalue weighted by Crippen LogP contribution is 2.27. The molecule has 0 spiro atoms. The summed E-state index contributed by atoms with van der Waals surface area (Å²) in [5.74, 6) is 0.148. The molecule has 5 rings (SSSR count). The third-order valence-electron chi connectivity index (χ3n) is 6.66. The molecule has 33 heavy (non-hydrogen) atoms. The van der Waals surface area contributed by atoms with Gasteiger partial charge in [0, 0.05) is 32.1 Å². The van der Waals surface area contributed by atoms with E-state index in [0.717, 1.165) is 50.3 Å². The molecule has 3 heterocycles. The Morgan fingerprint density at radius 2 is 1.76 bits per heavy atom. The number of amides is 1. The summed E-state index contributed by atoms with van der Waals surface area (Å²) in [6, 6.07) is 20.7. The van der Waals surface area contributed by atoms with E-state index in [-0.39, 0.29) is 18.1 Å². The second-order valence-electron chi connectivity index (χ2n) is 8.98. The molecule has 1 amide bonds. The molecule has 0 unspecified atom stereocenters. The lowest BCUT2D eigenvalue weighted by molar-refractivity contribution is -0.122. The number of carbonyl (C=O) groups excluding carboxylic acids is 1. The summed E-state index contributed by atoms with van der Waals surface area (Å²) in [4.78, 5) is 14.8. The Kier molecular flexibility index (Phi) is 6.79. The van der Waals surface area contributed by atoms with Crippen LogP contribution in [0.4, 0.5) is 0 Å². The van der Waals surface area contributed by atoms with E-state index in [0.29, 0.717) is 19.6 Å². The zero-order chi connectivity index (χ0) is 22.5. The molecule has 1 fully saturated rings. The van der Waals surface area contributed by atoms with E-state index in [9.17, 15) is 4.79 Å². The minimum Gasteiger partial charge on any atom is -0.365 e. The van der Waals surface area contributed by atoms with Crippen molar-refractivity contribution in [3.05, 3.63) is 83.2 Å². The largest absolute Gasteiger partial charge is 0.365 e. The molecular formula is C26H31N5O2. The van der Waals surface area contributed by atoms with E-state index in [2.05, 4.69) is 44.8 Å². The van der Waals surface area contributed by atoms with Gasteiger partial charge >= 0.3 is 0 Å². The smallest absolute Gasteiger partial charge is 0.220 e. The Morgan fingerprint density at radius 1 is 1.03 bits per heavy atom. The number of nitrogens with one attached hydrogen (secondary N) is 1. The van der Waals surface area contributed by atoms with Crippen molar-refractivity contribution in [2.24, 2.45) is 0 Å². The number of hydrogen-bond acceptors (Lipinski definition) is 5. The maximum atomic E-state index is 12.4. The Labute approximate surface area is 194 Å². The summed E-state index contributed by atoms with van der Waals surface area (Å²) in [6.45, 7) is 3.91. The Balaban J connectivity index is 1.08. The minimum absolute atomic E-state index is 0.0227. The summed E-state index contributed by atoms with van der Waals surface area (Å²) < 4.78 is 8.12. The number of benzene rings is 2. The lowest BCUT2D eigenvalue weighted by atomic mass is 10.0. The third kappa shape index (κ3) is 5.49. The minimum atomic E-state index is 0.0227. The standard InChI is InChI=1S/C26H31N5O2/c32-26(12-11-20-7-3-1-4-8-20)27-22-13-15-30(16-14-22)17-23-24-19-33-25(18-31(24)29-28-23)21-9-5-2-6-10-21/h1-10,22,25H,11-19H2,(H,27,32)/t25-/m0/s1. The predicted molar refractivity (Wildman–Crippen MR) is 125 cm³/mol. The van der Waals surface area contributed by atoms with Crippen LogP contribution in [-0.4, -0.2) is 44.9 Å². The van der Waals surface area contributed by atoms with Crippen LogP contribution >= 0.6 is 0 Å². The normalized spacial score (nSPS) is 19.2. The van der Waals surface area contributed by atoms with Gasteiger partial charge in [-0.1, -0.05) is 65.9 Å². The second kappa shape index (κ2) is 10.3. The number of ether oxygens (including phenoxy) is 1. The van der Waals surface area contributed by atoms with E-state index < -0.39 is 0 Å². The fourth-order valence-corrected chi connectivity index (χ4v) is 4.70. The molecular weight excluding hydrogens is 414 g/mol. The van der Waals surface area contributed by atoms with E-state index in [1.807, 2.05) is 41.1 Å². The SMILES string of the molecule is O=C(CCc1ccccc1)NC1CCN(Cc2nnn3c2CO[C@H](c2ccccc2)C3)CC1. The molecule has 172 valence electrons. The highest BCUT2D eigenvalue weighted by atomic mass is 16.5. The summed E-state index contributed by atoms with van der Waals surface area (Å²) in [5, 5.41) is 12.1. The van der Waals surface area contributed by atoms with Gasteiger partial charge < -0.3 is 10.1 Å². The molecule has 1 N–H and O–H groups in total. The number of aromatic nitrogens is 3. The molecule has 0 aliphatic carbocycles. The summed E-state index contributed by atoms with van der Waals surface area (Å²) in [6.07, 6.45) is 3.28. The van der Waals surface area contributed by atoms with E-state index in [1.165, 1.54) is 11.1 Å². The molecule has 7 heteroatoms. The topological polar surface area (TPSA) is 72.3 Å². The molecule has 0 saturated carbocycles. The van der Waals surface area contributed by atoms with Gasteiger partial charge in [0.1, 0.15) is 11.8 Å². The number of piperidine rings is 1. The molecule has 7 nitrogen and oxygen atoms in total. The predicted octanol–water partition coefficient (Wildman–Crippen LogP) is 3.26. The molecule has 2 aliphatic rings. The molecule has 2 aliphatic heterocycles. The second-order valence-corrected chi connectivity index (χ2v) is 8.98. The lowest BCUT2D eigenvalue weighted by Gasteiger charge is -2.32. The summed E-state index contributed by atoms with van der Waals surface area (Å²) in [5.41, 5.74) is 4.47. The van der Waals surface area contributed by atoms with Crippen molar-refractivity contribution in [2.45, 2.75) is 57.5 Å².